The van der Waals surface area contributed by atoms with Crippen molar-refractivity contribution in [3.8, 4) is 0 Å². The van der Waals surface area contributed by atoms with Gasteiger partial charge >= 0.3 is 48.5 Å². The molecule has 0 N–H and O–H groups in total. The molecule has 0 fully saturated rings. The zero-order chi connectivity index (χ0) is 35.5. The zero-order valence-corrected chi connectivity index (χ0v) is 27.8. The first kappa shape index (κ1) is 41.8. The second-order valence-corrected chi connectivity index (χ2v) is 15.9. The molecule has 0 amide bonds. The molecule has 26 heteroatoms. The van der Waals surface area contributed by atoms with Gasteiger partial charge in [-0.2, -0.15) is 35.1 Å². The summed E-state index contributed by atoms with van der Waals surface area (Å²) in [6, 6.07) is 0. The van der Waals surface area contributed by atoms with Crippen LogP contribution in [0.1, 0.15) is 25.7 Å². The molecule has 0 radical (unpaired) electrons. The van der Waals surface area contributed by atoms with Crippen LogP contribution in [0.15, 0.2) is 17.4 Å². The predicted molar refractivity (Wildman–Crippen MR) is 150 cm³/mol. The van der Waals surface area contributed by atoms with Crippen LogP contribution in [0.2, 0.25) is 0 Å². The van der Waals surface area contributed by atoms with Gasteiger partial charge in [0.05, 0.1) is 44.0 Å². The van der Waals surface area contributed by atoms with Crippen LogP contribution in [0, 0.1) is 0 Å². The van der Waals surface area contributed by atoms with E-state index in [2.05, 4.69) is 29.9 Å². The molecule has 47 heavy (non-hydrogen) atoms. The van der Waals surface area contributed by atoms with Crippen LogP contribution in [0.25, 0.3) is 0 Å². The van der Waals surface area contributed by atoms with Gasteiger partial charge in [-0.15, -0.1) is 20.4 Å². The fraction of sp³-hybridized carbons (Fsp3) is 0.714. The average Bonchev–Trinajstić information content (AvgIpc) is 3.62. The van der Waals surface area contributed by atoms with Crippen molar-refractivity contribution in [1.82, 2.24) is 20.4 Å². The van der Waals surface area contributed by atoms with Crippen LogP contribution < -0.4 is 0 Å². The minimum atomic E-state index is -5.56. The molecule has 268 valence electrons. The lowest BCUT2D eigenvalue weighted by Gasteiger charge is -2.25. The Morgan fingerprint density at radius 1 is 0.596 bits per heavy atom. The molecule has 2 rings (SSSR count). The quantitative estimate of drug-likeness (QED) is 0.0497. The average molecular weight is 813 g/mol. The number of ether oxygens (including phenoxy) is 2. The first-order valence-corrected chi connectivity index (χ1v) is 17.9. The molecule has 0 aliphatic carbocycles. The molecule has 2 aromatic heterocycles. The smallest absolute Gasteiger partial charge is 0.369 e. The summed E-state index contributed by atoms with van der Waals surface area (Å²) in [5.41, 5.74) is 0. The SMILES string of the molecule is O=C(CCSc1nnc(SCSc2nnc(SCCC(=O)OCCC(F)(F)C(F)(F)C(F)F)s2)s1)OCCC(F)(F)C(F)(F)C(F)F. The topological polar surface area (TPSA) is 104 Å². The summed E-state index contributed by atoms with van der Waals surface area (Å²) in [6.07, 6.45) is -13.3. The standard InChI is InChI=1S/C21H20F12N4O4S6/c22-12(23)20(30,31)18(26,27)3-5-40-10(38)1-7-42-14-34-36-16(46-14)44-9-45-17-37-35-15(47-17)43-8-2-11(39)41-6-4-19(28,29)21(32,33)13(24)25/h12-13H,1-9H2. The van der Waals surface area contributed by atoms with E-state index in [0.29, 0.717) is 22.4 Å². The number of halogens is 12. The molecule has 0 spiro atoms. The first-order valence-electron chi connectivity index (χ1n) is 12.4. The predicted octanol–water partition coefficient (Wildman–Crippen LogP) is 8.13. The van der Waals surface area contributed by atoms with Crippen molar-refractivity contribution in [2.45, 2.75) is 79.6 Å². The Kier molecular flexibility index (Phi) is 16.5. The Bertz CT molecular complexity index is 1200. The highest BCUT2D eigenvalue weighted by Gasteiger charge is 2.63. The lowest BCUT2D eigenvalue weighted by atomic mass is 10.1. The number of carbonyl (C=O) groups is 2. The summed E-state index contributed by atoms with van der Waals surface area (Å²) >= 11 is 7.05. The molecule has 0 unspecified atom stereocenters. The van der Waals surface area contributed by atoms with Gasteiger partial charge in [0.25, 0.3) is 0 Å². The molecule has 2 aromatic rings. The molecule has 2 heterocycles. The zero-order valence-electron chi connectivity index (χ0n) is 22.9. The van der Waals surface area contributed by atoms with E-state index in [1.165, 1.54) is 46.2 Å². The molecule has 0 aliphatic heterocycles. The molecule has 0 bridgehead atoms. The molecule has 0 saturated carbocycles. The van der Waals surface area contributed by atoms with Crippen LogP contribution >= 0.6 is 69.7 Å². The summed E-state index contributed by atoms with van der Waals surface area (Å²) in [5, 5.41) is 16.1. The maximum atomic E-state index is 13.2. The van der Waals surface area contributed by atoms with E-state index in [1.807, 2.05) is 0 Å². The maximum absolute atomic E-state index is 13.2. The molecule has 8 nitrogen and oxygen atoms in total. The van der Waals surface area contributed by atoms with Crippen molar-refractivity contribution in [1.29, 1.82) is 0 Å². The van der Waals surface area contributed by atoms with Crippen LogP contribution in [-0.2, 0) is 19.1 Å². The normalized spacial score (nSPS) is 13.1. The summed E-state index contributed by atoms with van der Waals surface area (Å²) in [4.78, 5) is 23.3. The Balaban J connectivity index is 1.60. The highest BCUT2D eigenvalue weighted by Crippen LogP contribution is 2.42. The highest BCUT2D eigenvalue weighted by atomic mass is 32.2. The Labute approximate surface area is 282 Å². The number of hydrogen-bond acceptors (Lipinski definition) is 14. The molecular formula is C21H20F12N4O4S6. The number of carbonyl (C=O) groups excluding carboxylic acids is 2. The third-order valence-electron chi connectivity index (χ3n) is 5.09. The Morgan fingerprint density at radius 2 is 0.915 bits per heavy atom. The molecule has 0 aromatic carbocycles. The van der Waals surface area contributed by atoms with E-state index in [1.54, 1.807) is 0 Å². The minimum absolute atomic E-state index is 0.0789. The monoisotopic (exact) mass is 812 g/mol. The number of thioether (sulfide) groups is 4. The second-order valence-electron chi connectivity index (χ2n) is 8.47. The second kappa shape index (κ2) is 18.6. The fourth-order valence-corrected chi connectivity index (χ4v) is 9.11. The van der Waals surface area contributed by atoms with Gasteiger partial charge in [0.1, 0.15) is 0 Å². The van der Waals surface area contributed by atoms with Crippen molar-refractivity contribution < 1.29 is 71.7 Å². The van der Waals surface area contributed by atoms with E-state index >= 15 is 0 Å². The van der Waals surface area contributed by atoms with Crippen LogP contribution in [0.5, 0.6) is 0 Å². The van der Waals surface area contributed by atoms with Gasteiger partial charge in [0.2, 0.25) is 0 Å². The van der Waals surface area contributed by atoms with Gasteiger partial charge < -0.3 is 9.47 Å². The third-order valence-corrected chi connectivity index (χ3v) is 11.6. The first-order chi connectivity index (χ1) is 21.8. The Hall–Kier alpha value is -1.38. The van der Waals surface area contributed by atoms with E-state index in [4.69, 9.17) is 0 Å². The number of aromatic nitrogens is 4. The van der Waals surface area contributed by atoms with Crippen molar-refractivity contribution in [2.75, 3.05) is 29.8 Å². The number of rotatable bonds is 22. The van der Waals surface area contributed by atoms with E-state index in [9.17, 15) is 62.3 Å². The molecule has 0 saturated heterocycles. The molecule has 0 aliphatic rings. The lowest BCUT2D eigenvalue weighted by Crippen LogP contribution is -2.47. The summed E-state index contributed by atoms with van der Waals surface area (Å²) in [5.74, 6) is -23.1. The van der Waals surface area contributed by atoms with Crippen LogP contribution in [0.4, 0.5) is 52.7 Å². The van der Waals surface area contributed by atoms with Gasteiger partial charge in [-0.05, 0) is 0 Å². The van der Waals surface area contributed by atoms with E-state index in [-0.39, 0.29) is 24.3 Å². The van der Waals surface area contributed by atoms with E-state index < -0.39 is 74.5 Å². The van der Waals surface area contributed by atoms with Gasteiger partial charge in [0.15, 0.2) is 17.4 Å². The van der Waals surface area contributed by atoms with Crippen molar-refractivity contribution in [2.24, 2.45) is 0 Å². The number of esters is 2. The fourth-order valence-electron chi connectivity index (χ4n) is 2.58. The number of alkyl halides is 12. The van der Waals surface area contributed by atoms with Crippen LogP contribution in [0.3, 0.4) is 0 Å². The minimum Gasteiger partial charge on any atom is -0.465 e. The Morgan fingerprint density at radius 3 is 1.23 bits per heavy atom. The third kappa shape index (κ3) is 13.1. The van der Waals surface area contributed by atoms with Gasteiger partial charge in [0, 0.05) is 11.5 Å². The van der Waals surface area contributed by atoms with Gasteiger partial charge in [-0.3, -0.25) is 9.59 Å². The number of nitrogens with zero attached hydrogens (tertiary/aromatic N) is 4. The summed E-state index contributed by atoms with van der Waals surface area (Å²) in [7, 11) is 0. The molecule has 0 atom stereocenters. The summed E-state index contributed by atoms with van der Waals surface area (Å²) < 4.78 is 163. The van der Waals surface area contributed by atoms with Crippen molar-refractivity contribution >= 4 is 81.7 Å². The van der Waals surface area contributed by atoms with Crippen LogP contribution in [-0.4, -0.2) is 98.7 Å². The van der Waals surface area contributed by atoms with Gasteiger partial charge in [-0.25, -0.2) is 17.6 Å². The van der Waals surface area contributed by atoms with Crippen molar-refractivity contribution in [3.05, 3.63) is 0 Å². The number of hydrogen-bond donors (Lipinski definition) is 0. The maximum Gasteiger partial charge on any atom is 0.369 e. The summed E-state index contributed by atoms with van der Waals surface area (Å²) in [6.45, 7) is -2.35. The lowest BCUT2D eigenvalue weighted by molar-refractivity contribution is -0.268. The highest BCUT2D eigenvalue weighted by molar-refractivity contribution is 8.17. The van der Waals surface area contributed by atoms with Gasteiger partial charge in [-0.1, -0.05) is 69.7 Å². The van der Waals surface area contributed by atoms with Crippen molar-refractivity contribution in [3.63, 3.8) is 0 Å². The van der Waals surface area contributed by atoms with E-state index in [0.717, 1.165) is 23.5 Å². The largest absolute Gasteiger partial charge is 0.465 e. The molecular weight excluding hydrogens is 793 g/mol.